The van der Waals surface area contributed by atoms with Crippen molar-refractivity contribution in [2.75, 3.05) is 5.32 Å². The Morgan fingerprint density at radius 3 is 2.83 bits per heavy atom. The standard InChI is InChI=1S/C12H15ClN4O/c1-4-17-6-9(13)5-10(17)12(18)14-11-7(2)8(3)15-16-11/h5-6H,4H2,1-3H3,(H2,14,15,16,18). The van der Waals surface area contributed by atoms with Crippen molar-refractivity contribution >= 4 is 23.3 Å². The van der Waals surface area contributed by atoms with Crippen LogP contribution in [0.5, 0.6) is 0 Å². The molecule has 2 aromatic heterocycles. The molecule has 18 heavy (non-hydrogen) atoms. The maximum atomic E-state index is 12.1. The number of aromatic amines is 1. The number of amides is 1. The molecule has 96 valence electrons. The van der Waals surface area contributed by atoms with Gasteiger partial charge < -0.3 is 9.88 Å². The summed E-state index contributed by atoms with van der Waals surface area (Å²) in [5.41, 5.74) is 2.40. The minimum atomic E-state index is -0.210. The Hall–Kier alpha value is -1.75. The van der Waals surface area contributed by atoms with Crippen LogP contribution in [0.1, 0.15) is 28.7 Å². The van der Waals surface area contributed by atoms with Gasteiger partial charge in [-0.2, -0.15) is 5.10 Å². The van der Waals surface area contributed by atoms with Crippen molar-refractivity contribution in [3.05, 3.63) is 34.2 Å². The second kappa shape index (κ2) is 4.86. The molecule has 0 atom stereocenters. The van der Waals surface area contributed by atoms with E-state index in [1.54, 1.807) is 16.8 Å². The number of hydrogen-bond donors (Lipinski definition) is 2. The number of hydrogen-bond acceptors (Lipinski definition) is 2. The van der Waals surface area contributed by atoms with Crippen LogP contribution in [-0.4, -0.2) is 20.7 Å². The highest BCUT2D eigenvalue weighted by Gasteiger charge is 2.15. The summed E-state index contributed by atoms with van der Waals surface area (Å²) < 4.78 is 1.80. The van der Waals surface area contributed by atoms with Crippen LogP contribution < -0.4 is 5.32 Å². The molecule has 0 aliphatic carbocycles. The zero-order valence-electron chi connectivity index (χ0n) is 10.5. The minimum absolute atomic E-state index is 0.210. The van der Waals surface area contributed by atoms with Crippen molar-refractivity contribution in [3.63, 3.8) is 0 Å². The third-order valence-corrected chi connectivity index (χ3v) is 3.13. The summed E-state index contributed by atoms with van der Waals surface area (Å²) in [6, 6.07) is 1.65. The summed E-state index contributed by atoms with van der Waals surface area (Å²) in [6.07, 6.45) is 1.74. The van der Waals surface area contributed by atoms with E-state index in [-0.39, 0.29) is 5.91 Å². The molecule has 0 aliphatic heterocycles. The van der Waals surface area contributed by atoms with Crippen molar-refractivity contribution in [3.8, 4) is 0 Å². The van der Waals surface area contributed by atoms with Crippen molar-refractivity contribution in [1.29, 1.82) is 0 Å². The largest absolute Gasteiger partial charge is 0.342 e. The highest BCUT2D eigenvalue weighted by atomic mass is 35.5. The Balaban J connectivity index is 2.24. The smallest absolute Gasteiger partial charge is 0.273 e. The van der Waals surface area contributed by atoms with Gasteiger partial charge in [-0.3, -0.25) is 9.89 Å². The molecule has 0 bridgehead atoms. The van der Waals surface area contributed by atoms with Crippen LogP contribution in [0.3, 0.4) is 0 Å². The third kappa shape index (κ3) is 2.26. The average Bonchev–Trinajstić information content (AvgIpc) is 2.86. The molecule has 0 aliphatic rings. The van der Waals surface area contributed by atoms with E-state index in [2.05, 4.69) is 15.5 Å². The number of aryl methyl sites for hydroxylation is 2. The first kappa shape index (κ1) is 12.7. The highest BCUT2D eigenvalue weighted by Crippen LogP contribution is 2.18. The molecule has 1 amide bonds. The first-order valence-corrected chi connectivity index (χ1v) is 6.09. The molecule has 0 radical (unpaired) electrons. The quantitative estimate of drug-likeness (QED) is 0.897. The van der Waals surface area contributed by atoms with E-state index >= 15 is 0 Å². The lowest BCUT2D eigenvalue weighted by atomic mass is 10.3. The molecular weight excluding hydrogens is 252 g/mol. The number of carbonyl (C=O) groups is 1. The molecule has 0 spiro atoms. The Morgan fingerprint density at radius 2 is 2.28 bits per heavy atom. The molecule has 6 heteroatoms. The van der Waals surface area contributed by atoms with Crippen LogP contribution in [-0.2, 0) is 6.54 Å². The molecule has 5 nitrogen and oxygen atoms in total. The van der Waals surface area contributed by atoms with Gasteiger partial charge in [0.15, 0.2) is 5.82 Å². The molecule has 2 N–H and O–H groups in total. The Labute approximate surface area is 110 Å². The Morgan fingerprint density at radius 1 is 1.56 bits per heavy atom. The number of halogens is 1. The second-order valence-corrected chi connectivity index (χ2v) is 4.54. The van der Waals surface area contributed by atoms with E-state index in [1.807, 2.05) is 20.8 Å². The van der Waals surface area contributed by atoms with E-state index in [0.717, 1.165) is 11.3 Å². The molecule has 2 aromatic rings. The monoisotopic (exact) mass is 266 g/mol. The molecule has 0 saturated heterocycles. The van der Waals surface area contributed by atoms with Gasteiger partial charge in [0.2, 0.25) is 0 Å². The van der Waals surface area contributed by atoms with Gasteiger partial charge in [-0.15, -0.1) is 0 Å². The van der Waals surface area contributed by atoms with Crippen LogP contribution in [0.25, 0.3) is 0 Å². The highest BCUT2D eigenvalue weighted by molar-refractivity contribution is 6.31. The van der Waals surface area contributed by atoms with Crippen molar-refractivity contribution in [1.82, 2.24) is 14.8 Å². The molecule has 0 aromatic carbocycles. The fourth-order valence-corrected chi connectivity index (χ4v) is 1.93. The third-order valence-electron chi connectivity index (χ3n) is 2.92. The van der Waals surface area contributed by atoms with E-state index in [4.69, 9.17) is 11.6 Å². The average molecular weight is 267 g/mol. The van der Waals surface area contributed by atoms with E-state index < -0.39 is 0 Å². The zero-order valence-corrected chi connectivity index (χ0v) is 11.3. The van der Waals surface area contributed by atoms with Crippen molar-refractivity contribution in [2.24, 2.45) is 0 Å². The lowest BCUT2D eigenvalue weighted by Crippen LogP contribution is -2.17. The number of carbonyl (C=O) groups excluding carboxylic acids is 1. The van der Waals surface area contributed by atoms with Gasteiger partial charge in [0.05, 0.1) is 5.02 Å². The minimum Gasteiger partial charge on any atom is -0.342 e. The molecule has 2 heterocycles. The summed E-state index contributed by atoms with van der Waals surface area (Å²) in [6.45, 7) is 6.45. The fourth-order valence-electron chi connectivity index (χ4n) is 1.71. The lowest BCUT2D eigenvalue weighted by Gasteiger charge is -2.06. The maximum absolute atomic E-state index is 12.1. The Bertz CT molecular complexity index is 585. The second-order valence-electron chi connectivity index (χ2n) is 4.11. The molecular formula is C12H15ClN4O. The number of rotatable bonds is 3. The van der Waals surface area contributed by atoms with E-state index in [1.165, 1.54) is 0 Å². The van der Waals surface area contributed by atoms with Crippen molar-refractivity contribution in [2.45, 2.75) is 27.3 Å². The van der Waals surface area contributed by atoms with Gasteiger partial charge in [0, 0.05) is 24.0 Å². The predicted octanol–water partition coefficient (Wildman–Crippen LogP) is 2.75. The molecule has 0 unspecified atom stereocenters. The fraction of sp³-hybridized carbons (Fsp3) is 0.333. The molecule has 0 saturated carbocycles. The van der Waals surface area contributed by atoms with Gasteiger partial charge >= 0.3 is 0 Å². The number of aromatic nitrogens is 3. The number of nitrogens with one attached hydrogen (secondary N) is 2. The van der Waals surface area contributed by atoms with Crippen molar-refractivity contribution < 1.29 is 4.79 Å². The van der Waals surface area contributed by atoms with Gasteiger partial charge in [-0.05, 0) is 26.8 Å². The predicted molar refractivity (Wildman–Crippen MR) is 71.1 cm³/mol. The van der Waals surface area contributed by atoms with Gasteiger partial charge in [-0.1, -0.05) is 11.6 Å². The van der Waals surface area contributed by atoms with Crippen LogP contribution in [0.4, 0.5) is 5.82 Å². The van der Waals surface area contributed by atoms with Gasteiger partial charge in [-0.25, -0.2) is 0 Å². The topological polar surface area (TPSA) is 62.7 Å². The normalized spacial score (nSPS) is 10.7. The van der Waals surface area contributed by atoms with Crippen LogP contribution in [0.15, 0.2) is 12.3 Å². The maximum Gasteiger partial charge on any atom is 0.273 e. The summed E-state index contributed by atoms with van der Waals surface area (Å²) in [4.78, 5) is 12.1. The summed E-state index contributed by atoms with van der Waals surface area (Å²) in [5.74, 6) is 0.343. The van der Waals surface area contributed by atoms with Crippen LogP contribution >= 0.6 is 11.6 Å². The van der Waals surface area contributed by atoms with E-state index in [9.17, 15) is 4.79 Å². The number of nitrogens with zero attached hydrogens (tertiary/aromatic N) is 2. The zero-order chi connectivity index (χ0) is 13.3. The van der Waals surface area contributed by atoms with Gasteiger partial charge in [0.25, 0.3) is 5.91 Å². The van der Waals surface area contributed by atoms with E-state index in [0.29, 0.717) is 23.1 Å². The number of H-pyrrole nitrogens is 1. The van der Waals surface area contributed by atoms with Crippen LogP contribution in [0.2, 0.25) is 5.02 Å². The Kier molecular flexibility index (Phi) is 3.43. The SMILES string of the molecule is CCn1cc(Cl)cc1C(=O)Nc1n[nH]c(C)c1C. The molecule has 0 fully saturated rings. The first-order valence-electron chi connectivity index (χ1n) is 5.71. The lowest BCUT2D eigenvalue weighted by molar-refractivity contribution is 0.101. The van der Waals surface area contributed by atoms with Crippen LogP contribution in [0, 0.1) is 13.8 Å². The van der Waals surface area contributed by atoms with Gasteiger partial charge in [0.1, 0.15) is 5.69 Å². The summed E-state index contributed by atoms with van der Waals surface area (Å²) in [7, 11) is 0. The summed E-state index contributed by atoms with van der Waals surface area (Å²) in [5, 5.41) is 10.2. The first-order chi connectivity index (χ1) is 8.52. The molecule has 2 rings (SSSR count). The summed E-state index contributed by atoms with van der Waals surface area (Å²) >= 11 is 5.90. The number of anilines is 1.